The molecule has 1 saturated carbocycles. The van der Waals surface area contributed by atoms with E-state index in [9.17, 15) is 4.79 Å². The number of hydrogen-bond donors (Lipinski definition) is 0. The predicted molar refractivity (Wildman–Crippen MR) is 90.2 cm³/mol. The maximum absolute atomic E-state index is 12.4. The number of benzene rings is 1. The highest BCUT2D eigenvalue weighted by atomic mass is 16.5. The van der Waals surface area contributed by atoms with Crippen molar-refractivity contribution >= 4 is 5.91 Å². The van der Waals surface area contributed by atoms with Crippen molar-refractivity contribution in [2.24, 2.45) is 5.92 Å². The van der Waals surface area contributed by atoms with Gasteiger partial charge in [0.2, 0.25) is 0 Å². The third kappa shape index (κ3) is 4.02. The molecule has 0 radical (unpaired) electrons. The summed E-state index contributed by atoms with van der Waals surface area (Å²) >= 11 is 0. The van der Waals surface area contributed by atoms with E-state index in [4.69, 9.17) is 4.74 Å². The van der Waals surface area contributed by atoms with Crippen LogP contribution in [0.2, 0.25) is 0 Å². The van der Waals surface area contributed by atoms with Crippen LogP contribution in [0.5, 0.6) is 5.75 Å². The highest BCUT2D eigenvalue weighted by Crippen LogP contribution is 2.35. The fraction of sp³-hybridized carbons (Fsp3) is 0.632. The molecule has 2 unspecified atom stereocenters. The molecule has 2 atom stereocenters. The van der Waals surface area contributed by atoms with Gasteiger partial charge in [0, 0.05) is 13.1 Å². The zero-order valence-corrected chi connectivity index (χ0v) is 14.7. The minimum absolute atomic E-state index is 0.0549. The van der Waals surface area contributed by atoms with Crippen molar-refractivity contribution in [3.05, 3.63) is 29.8 Å². The molecule has 1 amide bonds. The Labute approximate surface area is 134 Å². The van der Waals surface area contributed by atoms with Crippen LogP contribution in [0.1, 0.15) is 53.0 Å². The van der Waals surface area contributed by atoms with Crippen LogP contribution in [0.25, 0.3) is 0 Å². The standard InChI is InChI=1S/C19H29NO2/c1-13(15-7-8-15)20(6)18(21)14(2)22-17-11-9-16(10-12-17)19(3,4)5/h9-15H,7-8H2,1-6H3. The summed E-state index contributed by atoms with van der Waals surface area (Å²) in [4.78, 5) is 14.3. The maximum Gasteiger partial charge on any atom is 0.263 e. The molecule has 1 aromatic carbocycles. The Kier molecular flexibility index (Phi) is 4.84. The molecular weight excluding hydrogens is 274 g/mol. The fourth-order valence-electron chi connectivity index (χ4n) is 2.67. The van der Waals surface area contributed by atoms with E-state index in [1.807, 2.05) is 31.0 Å². The minimum atomic E-state index is -0.452. The number of carbonyl (C=O) groups excluding carboxylic acids is 1. The largest absolute Gasteiger partial charge is 0.481 e. The summed E-state index contributed by atoms with van der Waals surface area (Å²) < 4.78 is 5.82. The van der Waals surface area contributed by atoms with E-state index < -0.39 is 6.10 Å². The number of hydrogen-bond acceptors (Lipinski definition) is 2. The molecule has 3 nitrogen and oxygen atoms in total. The lowest BCUT2D eigenvalue weighted by Gasteiger charge is -2.28. The molecule has 3 heteroatoms. The molecule has 1 aliphatic rings. The molecular formula is C19H29NO2. The molecule has 0 heterocycles. The predicted octanol–water partition coefficient (Wildman–Crippen LogP) is 4.01. The van der Waals surface area contributed by atoms with Crippen molar-refractivity contribution in [2.75, 3.05) is 7.05 Å². The third-order valence-electron chi connectivity index (χ3n) is 4.64. The van der Waals surface area contributed by atoms with Crippen molar-refractivity contribution < 1.29 is 9.53 Å². The lowest BCUT2D eigenvalue weighted by atomic mass is 9.87. The Morgan fingerprint density at radius 2 is 1.73 bits per heavy atom. The first-order valence-electron chi connectivity index (χ1n) is 8.24. The average molecular weight is 303 g/mol. The van der Waals surface area contributed by atoms with Gasteiger partial charge in [-0.1, -0.05) is 32.9 Å². The molecule has 122 valence electrons. The average Bonchev–Trinajstić information content (AvgIpc) is 3.29. The number of ether oxygens (including phenoxy) is 1. The Morgan fingerprint density at radius 1 is 1.18 bits per heavy atom. The molecule has 2 rings (SSSR count). The molecule has 1 fully saturated rings. The Balaban J connectivity index is 1.96. The van der Waals surface area contributed by atoms with Crippen molar-refractivity contribution in [3.8, 4) is 5.75 Å². The highest BCUT2D eigenvalue weighted by molar-refractivity contribution is 5.81. The fourth-order valence-corrected chi connectivity index (χ4v) is 2.67. The van der Waals surface area contributed by atoms with Gasteiger partial charge in [0.1, 0.15) is 5.75 Å². The summed E-state index contributed by atoms with van der Waals surface area (Å²) in [5.41, 5.74) is 1.39. The molecule has 0 spiro atoms. The summed E-state index contributed by atoms with van der Waals surface area (Å²) in [6.45, 7) is 10.5. The SMILES string of the molecule is CC(Oc1ccc(C(C)(C)C)cc1)C(=O)N(C)C(C)C1CC1. The van der Waals surface area contributed by atoms with Crippen molar-refractivity contribution in [2.45, 2.75) is 65.0 Å². The third-order valence-corrected chi connectivity index (χ3v) is 4.64. The summed E-state index contributed by atoms with van der Waals surface area (Å²) in [6.07, 6.45) is 2.02. The molecule has 0 bridgehead atoms. The number of likely N-dealkylation sites (N-methyl/N-ethyl adjacent to an activating group) is 1. The van der Waals surface area contributed by atoms with Crippen LogP contribution in [0.4, 0.5) is 0 Å². The normalized spacial score (nSPS) is 17.7. The number of nitrogens with zero attached hydrogens (tertiary/aromatic N) is 1. The quantitative estimate of drug-likeness (QED) is 0.822. The Hall–Kier alpha value is -1.51. The minimum Gasteiger partial charge on any atom is -0.481 e. The number of rotatable bonds is 5. The van der Waals surface area contributed by atoms with E-state index in [1.165, 1.54) is 18.4 Å². The second-order valence-corrected chi connectivity index (χ2v) is 7.56. The van der Waals surface area contributed by atoms with E-state index in [2.05, 4.69) is 39.8 Å². The second-order valence-electron chi connectivity index (χ2n) is 7.56. The van der Waals surface area contributed by atoms with Gasteiger partial charge in [-0.2, -0.15) is 0 Å². The Morgan fingerprint density at radius 3 is 2.18 bits per heavy atom. The number of amides is 1. The molecule has 0 aliphatic heterocycles. The summed E-state index contributed by atoms with van der Waals surface area (Å²) in [6, 6.07) is 8.36. The maximum atomic E-state index is 12.4. The van der Waals surface area contributed by atoms with Crippen LogP contribution in [-0.4, -0.2) is 30.0 Å². The van der Waals surface area contributed by atoms with Gasteiger partial charge in [0.15, 0.2) is 6.10 Å². The lowest BCUT2D eigenvalue weighted by Crippen LogP contribution is -2.43. The van der Waals surface area contributed by atoms with E-state index in [0.29, 0.717) is 12.0 Å². The molecule has 22 heavy (non-hydrogen) atoms. The van der Waals surface area contributed by atoms with Gasteiger partial charge < -0.3 is 9.64 Å². The monoisotopic (exact) mass is 303 g/mol. The van der Waals surface area contributed by atoms with Crippen LogP contribution in [-0.2, 0) is 10.2 Å². The van der Waals surface area contributed by atoms with Crippen molar-refractivity contribution in [1.82, 2.24) is 4.90 Å². The summed E-state index contributed by atoms with van der Waals surface area (Å²) in [5.74, 6) is 1.48. The van der Waals surface area contributed by atoms with Gasteiger partial charge in [-0.05, 0) is 55.7 Å². The first kappa shape index (κ1) is 16.9. The van der Waals surface area contributed by atoms with E-state index in [1.54, 1.807) is 0 Å². The van der Waals surface area contributed by atoms with E-state index >= 15 is 0 Å². The van der Waals surface area contributed by atoms with Gasteiger partial charge in [-0.15, -0.1) is 0 Å². The first-order valence-corrected chi connectivity index (χ1v) is 8.24. The summed E-state index contributed by atoms with van der Waals surface area (Å²) in [5, 5.41) is 0. The first-order chi connectivity index (χ1) is 10.2. The topological polar surface area (TPSA) is 29.5 Å². The molecule has 1 aliphatic carbocycles. The molecule has 0 N–H and O–H groups in total. The molecule has 0 aromatic heterocycles. The van der Waals surface area contributed by atoms with Gasteiger partial charge >= 0.3 is 0 Å². The zero-order chi connectivity index (χ0) is 16.5. The van der Waals surface area contributed by atoms with Gasteiger partial charge in [0.25, 0.3) is 5.91 Å². The summed E-state index contributed by atoms with van der Waals surface area (Å²) in [7, 11) is 1.88. The Bertz CT molecular complexity index is 511. The van der Waals surface area contributed by atoms with E-state index in [0.717, 1.165) is 5.75 Å². The lowest BCUT2D eigenvalue weighted by molar-refractivity contribution is -0.138. The van der Waals surface area contributed by atoms with E-state index in [-0.39, 0.29) is 11.3 Å². The van der Waals surface area contributed by atoms with Crippen LogP contribution in [0.15, 0.2) is 24.3 Å². The second kappa shape index (κ2) is 6.31. The van der Waals surface area contributed by atoms with Gasteiger partial charge in [-0.25, -0.2) is 0 Å². The van der Waals surface area contributed by atoms with Gasteiger partial charge in [-0.3, -0.25) is 4.79 Å². The van der Waals surface area contributed by atoms with Crippen LogP contribution in [0, 0.1) is 5.92 Å². The number of carbonyl (C=O) groups is 1. The smallest absolute Gasteiger partial charge is 0.263 e. The highest BCUT2D eigenvalue weighted by Gasteiger charge is 2.34. The zero-order valence-electron chi connectivity index (χ0n) is 14.7. The van der Waals surface area contributed by atoms with Crippen LogP contribution >= 0.6 is 0 Å². The van der Waals surface area contributed by atoms with Crippen LogP contribution in [0.3, 0.4) is 0 Å². The van der Waals surface area contributed by atoms with Crippen molar-refractivity contribution in [1.29, 1.82) is 0 Å². The van der Waals surface area contributed by atoms with Crippen LogP contribution < -0.4 is 4.74 Å². The molecule has 0 saturated heterocycles. The molecule has 1 aromatic rings. The van der Waals surface area contributed by atoms with Crippen molar-refractivity contribution in [3.63, 3.8) is 0 Å². The van der Waals surface area contributed by atoms with Gasteiger partial charge in [0.05, 0.1) is 0 Å².